The number of hydrogen-bond donors (Lipinski definition) is 0. The summed E-state index contributed by atoms with van der Waals surface area (Å²) in [5, 5.41) is 19.3. The van der Waals surface area contributed by atoms with Crippen molar-refractivity contribution in [1.82, 2.24) is 34.9 Å². The Labute approximate surface area is 752 Å². The number of benzene rings is 18. The topological polar surface area (TPSA) is 90.2 Å². The first-order chi connectivity index (χ1) is 64.3. The molecular formula is C123H79N7. The fraction of sp³-hybridized carbons (Fsp3) is 0. The van der Waals surface area contributed by atoms with Gasteiger partial charge in [0.2, 0.25) is 0 Å². The van der Waals surface area contributed by atoms with Crippen molar-refractivity contribution in [3.63, 3.8) is 0 Å². The van der Waals surface area contributed by atoms with Gasteiger partial charge >= 0.3 is 0 Å². The summed E-state index contributed by atoms with van der Waals surface area (Å²) in [6.07, 6.45) is 11.1. The largest absolute Gasteiger partial charge is 0.265 e. The first-order valence-corrected chi connectivity index (χ1v) is 44.0. The van der Waals surface area contributed by atoms with Gasteiger partial charge in [-0.3, -0.25) is 19.9 Å². The fourth-order valence-electron chi connectivity index (χ4n) is 18.4. The molecule has 0 saturated heterocycles. The van der Waals surface area contributed by atoms with Crippen LogP contribution in [0, 0.1) is 0 Å². The van der Waals surface area contributed by atoms with E-state index in [0.29, 0.717) is 0 Å². The molecule has 0 atom stereocenters. The summed E-state index contributed by atoms with van der Waals surface area (Å²) in [7, 11) is 0. The van der Waals surface area contributed by atoms with Crippen molar-refractivity contribution in [2.24, 2.45) is 0 Å². The van der Waals surface area contributed by atoms with Crippen LogP contribution in [0.1, 0.15) is 0 Å². The molecule has 0 fully saturated rings. The van der Waals surface area contributed by atoms with Gasteiger partial charge in [-0.15, -0.1) is 0 Å². The van der Waals surface area contributed by atoms with Crippen molar-refractivity contribution < 1.29 is 0 Å². The van der Waals surface area contributed by atoms with E-state index in [0.717, 1.165) is 128 Å². The number of nitrogens with zero attached hydrogens (tertiary/aromatic N) is 7. The number of para-hydroxylation sites is 1. The molecule has 606 valence electrons. The predicted molar refractivity (Wildman–Crippen MR) is 544 cm³/mol. The normalized spacial score (nSPS) is 11.4. The van der Waals surface area contributed by atoms with Crippen LogP contribution in [0.4, 0.5) is 0 Å². The van der Waals surface area contributed by atoms with Crippen molar-refractivity contribution >= 4 is 108 Å². The molecule has 0 spiro atoms. The van der Waals surface area contributed by atoms with Gasteiger partial charge in [0.05, 0.1) is 44.8 Å². The van der Waals surface area contributed by atoms with Gasteiger partial charge in [-0.25, -0.2) is 15.0 Å². The Hall–Kier alpha value is -17.4. The van der Waals surface area contributed by atoms with E-state index in [9.17, 15) is 0 Å². The lowest BCUT2D eigenvalue weighted by atomic mass is 9.93. The maximum atomic E-state index is 5.22. The van der Waals surface area contributed by atoms with Gasteiger partial charge in [-0.2, -0.15) is 0 Å². The molecule has 7 aromatic heterocycles. The molecule has 0 aliphatic carbocycles. The van der Waals surface area contributed by atoms with Crippen LogP contribution in [0.5, 0.6) is 0 Å². The maximum absolute atomic E-state index is 5.22. The average Bonchev–Trinajstić information content (AvgIpc) is 0.767. The summed E-state index contributed by atoms with van der Waals surface area (Å²) in [6, 6.07) is 158. The Balaban J connectivity index is 0.000000111. The smallest absolute Gasteiger partial charge is 0.0716 e. The zero-order valence-corrected chi connectivity index (χ0v) is 70.7. The van der Waals surface area contributed by atoms with E-state index in [1.807, 2.05) is 43.0 Å². The second-order valence-corrected chi connectivity index (χ2v) is 33.2. The molecule has 0 bridgehead atoms. The van der Waals surface area contributed by atoms with Crippen LogP contribution in [0.15, 0.2) is 480 Å². The average molecular weight is 1660 g/mol. The minimum atomic E-state index is 0.922. The molecule has 130 heavy (non-hydrogen) atoms. The van der Waals surface area contributed by atoms with E-state index in [2.05, 4.69) is 440 Å². The Bertz CT molecular complexity index is 8670. The highest BCUT2D eigenvalue weighted by atomic mass is 14.7. The highest BCUT2D eigenvalue weighted by Gasteiger charge is 2.19. The molecule has 0 unspecified atom stereocenters. The molecule has 7 nitrogen and oxygen atoms in total. The van der Waals surface area contributed by atoms with Gasteiger partial charge in [0.1, 0.15) is 0 Å². The number of pyridine rings is 7. The SMILES string of the molecule is c1cc(-c2ccncc2)cc(-c2cc(-c3ccc4ccccc4c3)nc3ccc(-c4ccc5ccccc5c4)cc23)c1.c1ccc2cc(-c3ccc4nc(-c5ccc6ccccc6c5)cc(-c5ccc(-c6ccnc7ccccc67)cc5)c4c3)ccc2c1.c1ccc2cc(-c3ccc4nc(-c5ccc6ccccc6c5)cc(-c5ccc(-c6ccncc6)nc5)c4c3)ccc2c1. The maximum Gasteiger partial charge on any atom is 0.0716 e. The third kappa shape index (κ3) is 15.5. The summed E-state index contributed by atoms with van der Waals surface area (Å²) in [6.45, 7) is 0. The van der Waals surface area contributed by atoms with Crippen molar-refractivity contribution in [1.29, 1.82) is 0 Å². The Morgan fingerprint density at radius 1 is 0.131 bits per heavy atom. The lowest BCUT2D eigenvalue weighted by Crippen LogP contribution is -1.92. The van der Waals surface area contributed by atoms with E-state index < -0.39 is 0 Å². The number of aromatic nitrogens is 7. The fourth-order valence-corrected chi connectivity index (χ4v) is 18.4. The minimum Gasteiger partial charge on any atom is -0.265 e. The monoisotopic (exact) mass is 1650 g/mol. The first kappa shape index (κ1) is 77.4. The molecule has 25 aromatic rings. The summed E-state index contributed by atoms with van der Waals surface area (Å²) >= 11 is 0. The summed E-state index contributed by atoms with van der Waals surface area (Å²) < 4.78 is 0. The predicted octanol–water partition coefficient (Wildman–Crippen LogP) is 32.4. The van der Waals surface area contributed by atoms with Gasteiger partial charge in [-0.1, -0.05) is 303 Å². The van der Waals surface area contributed by atoms with E-state index in [-0.39, 0.29) is 0 Å². The zero-order chi connectivity index (χ0) is 86.2. The Kier molecular flexibility index (Phi) is 20.2. The first-order valence-electron chi connectivity index (χ1n) is 44.0. The molecule has 0 amide bonds. The van der Waals surface area contributed by atoms with Crippen molar-refractivity contribution in [3.8, 4) is 134 Å². The second-order valence-electron chi connectivity index (χ2n) is 33.2. The Morgan fingerprint density at radius 3 is 0.846 bits per heavy atom. The lowest BCUT2D eigenvalue weighted by Gasteiger charge is -2.14. The standard InChI is InChI=1S/C44H28N2.C40H26N2.C39H25N3/c1-3-9-33-25-35(19-13-29(33)7-1)36-21-22-43-41(27-36)40(28-44(46-43)37-20-14-30-8-2-4-10-34(30)26-37)32-17-15-31(16-18-32)38-23-24-45-42-12-6-5-11-39(38)42;1-3-8-30-22-33(14-12-27(30)6-1)34-16-17-39-38(25-34)37(35-11-5-10-32(23-35)29-18-20-41-21-19-29)26-40(42-39)36-15-13-28-7-2-4-9-31(28)24-36;1-3-7-29-21-31(11-9-26(29)5-1)32-13-16-38-36(23-32)35(34-14-15-37(41-25-34)28-17-19-40-20-18-28)24-39(42-38)33-12-10-27-6-2-4-8-30(27)22-33/h1-28H;1-26H;1-25H. The summed E-state index contributed by atoms with van der Waals surface area (Å²) in [5.74, 6) is 0. The van der Waals surface area contributed by atoms with Crippen molar-refractivity contribution in [2.75, 3.05) is 0 Å². The van der Waals surface area contributed by atoms with Crippen LogP contribution >= 0.6 is 0 Å². The molecule has 0 N–H and O–H groups in total. The second kappa shape index (κ2) is 33.9. The van der Waals surface area contributed by atoms with Crippen LogP contribution in [0.3, 0.4) is 0 Å². The Morgan fingerprint density at radius 2 is 0.438 bits per heavy atom. The minimum absolute atomic E-state index is 0.922. The van der Waals surface area contributed by atoms with Crippen LogP contribution in [0.25, 0.3) is 242 Å². The van der Waals surface area contributed by atoms with Crippen LogP contribution in [-0.2, 0) is 0 Å². The van der Waals surface area contributed by atoms with Gasteiger partial charge in [-0.05, 0) is 288 Å². The van der Waals surface area contributed by atoms with Gasteiger partial charge in [0, 0.05) is 86.5 Å². The summed E-state index contributed by atoms with van der Waals surface area (Å²) in [5.41, 5.74) is 30.7. The van der Waals surface area contributed by atoms with Crippen LogP contribution < -0.4 is 0 Å². The number of hydrogen-bond acceptors (Lipinski definition) is 7. The number of rotatable bonds is 12. The van der Waals surface area contributed by atoms with E-state index >= 15 is 0 Å². The van der Waals surface area contributed by atoms with Gasteiger partial charge < -0.3 is 0 Å². The highest BCUT2D eigenvalue weighted by Crippen LogP contribution is 2.43. The third-order valence-corrected chi connectivity index (χ3v) is 25.2. The van der Waals surface area contributed by atoms with E-state index in [1.165, 1.54) is 115 Å². The van der Waals surface area contributed by atoms with E-state index in [1.54, 1.807) is 12.4 Å². The van der Waals surface area contributed by atoms with Crippen molar-refractivity contribution in [3.05, 3.63) is 480 Å². The van der Waals surface area contributed by atoms with Crippen LogP contribution in [0.2, 0.25) is 0 Å². The summed E-state index contributed by atoms with van der Waals surface area (Å²) in [4.78, 5) is 33.3. The molecule has 7 heteroatoms. The molecule has 7 heterocycles. The molecule has 25 rings (SSSR count). The zero-order valence-electron chi connectivity index (χ0n) is 70.7. The quantitative estimate of drug-likeness (QED) is 0.120. The van der Waals surface area contributed by atoms with Gasteiger partial charge in [0.15, 0.2) is 0 Å². The number of fused-ring (bicyclic) bond motifs is 10. The van der Waals surface area contributed by atoms with Gasteiger partial charge in [0.25, 0.3) is 0 Å². The molecule has 0 saturated carbocycles. The van der Waals surface area contributed by atoms with Crippen molar-refractivity contribution in [2.45, 2.75) is 0 Å². The third-order valence-electron chi connectivity index (χ3n) is 25.2. The molecular weight excluding hydrogens is 1580 g/mol. The molecule has 0 aliphatic heterocycles. The molecule has 0 aliphatic rings. The molecule has 18 aromatic carbocycles. The molecule has 0 radical (unpaired) electrons. The van der Waals surface area contributed by atoms with Crippen LogP contribution in [-0.4, -0.2) is 34.9 Å². The van der Waals surface area contributed by atoms with E-state index in [4.69, 9.17) is 19.9 Å². The lowest BCUT2D eigenvalue weighted by molar-refractivity contribution is 1.29. The highest BCUT2D eigenvalue weighted by molar-refractivity contribution is 6.06.